The van der Waals surface area contributed by atoms with E-state index in [2.05, 4.69) is 15.4 Å². The first-order valence-corrected chi connectivity index (χ1v) is 8.46. The second-order valence-corrected chi connectivity index (χ2v) is 6.69. The summed E-state index contributed by atoms with van der Waals surface area (Å²) in [6.07, 6.45) is 0.616. The van der Waals surface area contributed by atoms with Gasteiger partial charge in [0.1, 0.15) is 5.82 Å². The normalized spacial score (nSPS) is 19.3. The number of hydrogen-bond acceptors (Lipinski definition) is 4. The Balaban J connectivity index is 1.81. The molecule has 1 aliphatic heterocycles. The van der Waals surface area contributed by atoms with E-state index in [0.717, 1.165) is 11.1 Å². The third kappa shape index (κ3) is 2.92. The number of halogens is 3. The van der Waals surface area contributed by atoms with E-state index in [-0.39, 0.29) is 23.8 Å². The Morgan fingerprint density at radius 2 is 1.80 bits per heavy atom. The molecular weight excluding hydrogens is 364 g/mol. The largest absolute Gasteiger partial charge is 0.366 e. The molecule has 8 heteroatoms. The van der Waals surface area contributed by atoms with Crippen LogP contribution in [0.15, 0.2) is 42.5 Å². The summed E-state index contributed by atoms with van der Waals surface area (Å²) in [6, 6.07) is 11.4. The average Bonchev–Trinajstić information content (AvgIpc) is 2.95. The van der Waals surface area contributed by atoms with E-state index in [9.17, 15) is 4.39 Å². The highest BCUT2D eigenvalue weighted by atomic mass is 35.5. The van der Waals surface area contributed by atoms with E-state index < -0.39 is 0 Å². The van der Waals surface area contributed by atoms with Crippen LogP contribution in [0.2, 0.25) is 10.0 Å². The van der Waals surface area contributed by atoms with Gasteiger partial charge in [-0.1, -0.05) is 41.4 Å². The van der Waals surface area contributed by atoms with Crippen molar-refractivity contribution in [3.05, 3.63) is 69.5 Å². The van der Waals surface area contributed by atoms with E-state index in [1.165, 1.54) is 12.1 Å². The maximum absolute atomic E-state index is 13.2. The van der Waals surface area contributed by atoms with E-state index in [1.54, 1.807) is 35.0 Å². The molecular formula is C17H14Cl2FN5. The SMILES string of the molecule is Nc1nc2n(n1)[C@@H](c1c(Cl)cccc1Cl)C[C@H](c1ccc(F)cc1)N2. The third-order valence-electron chi connectivity index (χ3n) is 4.31. The van der Waals surface area contributed by atoms with Crippen molar-refractivity contribution in [3.8, 4) is 0 Å². The molecule has 2 atom stereocenters. The molecule has 3 N–H and O–H groups in total. The van der Waals surface area contributed by atoms with Crippen LogP contribution in [0, 0.1) is 5.82 Å². The molecule has 0 fully saturated rings. The fourth-order valence-corrected chi connectivity index (χ4v) is 3.83. The van der Waals surface area contributed by atoms with Crippen molar-refractivity contribution in [3.63, 3.8) is 0 Å². The number of nitrogen functional groups attached to an aromatic ring is 1. The van der Waals surface area contributed by atoms with E-state index >= 15 is 0 Å². The van der Waals surface area contributed by atoms with Gasteiger partial charge < -0.3 is 11.1 Å². The summed E-state index contributed by atoms with van der Waals surface area (Å²) in [4.78, 5) is 4.24. The number of anilines is 2. The molecule has 25 heavy (non-hydrogen) atoms. The summed E-state index contributed by atoms with van der Waals surface area (Å²) in [7, 11) is 0. The maximum atomic E-state index is 13.2. The molecule has 0 radical (unpaired) electrons. The zero-order chi connectivity index (χ0) is 17.6. The third-order valence-corrected chi connectivity index (χ3v) is 4.97. The Morgan fingerprint density at radius 1 is 1.12 bits per heavy atom. The Bertz CT molecular complexity index is 905. The molecule has 1 aromatic heterocycles. The molecule has 0 saturated heterocycles. The Hall–Kier alpha value is -2.31. The van der Waals surface area contributed by atoms with Crippen molar-refractivity contribution in [1.82, 2.24) is 14.8 Å². The van der Waals surface area contributed by atoms with Gasteiger partial charge in [0, 0.05) is 15.6 Å². The van der Waals surface area contributed by atoms with Crippen molar-refractivity contribution in [1.29, 1.82) is 0 Å². The van der Waals surface area contributed by atoms with Gasteiger partial charge in [-0.25, -0.2) is 9.07 Å². The first-order chi connectivity index (χ1) is 12.0. The maximum Gasteiger partial charge on any atom is 0.241 e. The quantitative estimate of drug-likeness (QED) is 0.691. The van der Waals surface area contributed by atoms with Crippen molar-refractivity contribution in [2.24, 2.45) is 0 Å². The number of nitrogens with one attached hydrogen (secondary N) is 1. The summed E-state index contributed by atoms with van der Waals surface area (Å²) in [5.41, 5.74) is 7.48. The van der Waals surface area contributed by atoms with Crippen LogP contribution >= 0.6 is 23.2 Å². The molecule has 2 aromatic carbocycles. The highest BCUT2D eigenvalue weighted by Crippen LogP contribution is 2.42. The number of rotatable bonds is 2. The number of aromatic nitrogens is 3. The number of nitrogens with two attached hydrogens (primary N) is 1. The standard InChI is InChI=1S/C17H14Cl2FN5/c18-11-2-1-3-12(19)15(11)14-8-13(9-4-6-10(20)7-5-9)22-17-23-16(21)24-25(14)17/h1-7,13-14H,8H2,(H3,21,22,23,24)/t13-,14-/m1/s1. The van der Waals surface area contributed by atoms with Gasteiger partial charge in [0.2, 0.25) is 11.9 Å². The van der Waals surface area contributed by atoms with Gasteiger partial charge in [-0.05, 0) is 36.2 Å². The number of fused-ring (bicyclic) bond motifs is 1. The molecule has 1 aliphatic rings. The van der Waals surface area contributed by atoms with Gasteiger partial charge in [0.15, 0.2) is 0 Å². The van der Waals surface area contributed by atoms with Crippen molar-refractivity contribution >= 4 is 35.1 Å². The van der Waals surface area contributed by atoms with Crippen LogP contribution in [0.25, 0.3) is 0 Å². The van der Waals surface area contributed by atoms with Crippen LogP contribution in [-0.4, -0.2) is 14.8 Å². The molecule has 128 valence electrons. The second-order valence-electron chi connectivity index (χ2n) is 5.87. The molecule has 5 nitrogen and oxygen atoms in total. The van der Waals surface area contributed by atoms with Crippen LogP contribution in [0.4, 0.5) is 16.3 Å². The van der Waals surface area contributed by atoms with Crippen LogP contribution in [0.1, 0.15) is 29.6 Å². The Kier molecular flexibility index (Phi) is 4.01. The molecule has 0 saturated carbocycles. The topological polar surface area (TPSA) is 68.8 Å². The fourth-order valence-electron chi connectivity index (χ4n) is 3.18. The van der Waals surface area contributed by atoms with Gasteiger partial charge in [-0.15, -0.1) is 5.10 Å². The van der Waals surface area contributed by atoms with Gasteiger partial charge in [-0.3, -0.25) is 0 Å². The van der Waals surface area contributed by atoms with Crippen molar-refractivity contribution < 1.29 is 4.39 Å². The summed E-state index contributed by atoms with van der Waals surface area (Å²) in [5, 5.41) is 8.68. The lowest BCUT2D eigenvalue weighted by Crippen LogP contribution is -2.28. The van der Waals surface area contributed by atoms with E-state index in [0.29, 0.717) is 22.4 Å². The van der Waals surface area contributed by atoms with Crippen LogP contribution in [0.5, 0.6) is 0 Å². The van der Waals surface area contributed by atoms with Crippen LogP contribution in [-0.2, 0) is 0 Å². The van der Waals surface area contributed by atoms with Gasteiger partial charge in [0.25, 0.3) is 0 Å². The lowest BCUT2D eigenvalue weighted by molar-refractivity contribution is 0.431. The lowest BCUT2D eigenvalue weighted by Gasteiger charge is -2.32. The summed E-state index contributed by atoms with van der Waals surface area (Å²) < 4.78 is 14.9. The smallest absolute Gasteiger partial charge is 0.241 e. The van der Waals surface area contributed by atoms with E-state index in [1.807, 2.05) is 0 Å². The molecule has 0 unspecified atom stereocenters. The highest BCUT2D eigenvalue weighted by molar-refractivity contribution is 6.36. The summed E-state index contributed by atoms with van der Waals surface area (Å²) in [6.45, 7) is 0. The van der Waals surface area contributed by atoms with Gasteiger partial charge in [-0.2, -0.15) is 4.98 Å². The van der Waals surface area contributed by atoms with Crippen LogP contribution < -0.4 is 11.1 Å². The monoisotopic (exact) mass is 377 g/mol. The predicted octanol–water partition coefficient (Wildman–Crippen LogP) is 4.45. The number of nitrogens with zero attached hydrogens (tertiary/aromatic N) is 3. The van der Waals surface area contributed by atoms with E-state index in [4.69, 9.17) is 28.9 Å². The minimum Gasteiger partial charge on any atom is -0.366 e. The summed E-state index contributed by atoms with van der Waals surface area (Å²) >= 11 is 12.8. The summed E-state index contributed by atoms with van der Waals surface area (Å²) in [5.74, 6) is 0.409. The first-order valence-electron chi connectivity index (χ1n) is 7.71. The number of benzene rings is 2. The molecule has 0 spiro atoms. The fraction of sp³-hybridized carbons (Fsp3) is 0.176. The average molecular weight is 378 g/mol. The first kappa shape index (κ1) is 16.2. The molecule has 4 rings (SSSR count). The predicted molar refractivity (Wildman–Crippen MR) is 96.4 cm³/mol. The van der Waals surface area contributed by atoms with Gasteiger partial charge in [0.05, 0.1) is 12.1 Å². The number of hydrogen-bond donors (Lipinski definition) is 2. The zero-order valence-corrected chi connectivity index (χ0v) is 14.5. The molecule has 0 bridgehead atoms. The van der Waals surface area contributed by atoms with Crippen molar-refractivity contribution in [2.75, 3.05) is 11.1 Å². The molecule has 0 amide bonds. The molecule has 0 aliphatic carbocycles. The minimum absolute atomic E-state index is 0.103. The second kappa shape index (κ2) is 6.20. The Labute approximate surface area is 153 Å². The lowest BCUT2D eigenvalue weighted by atomic mass is 9.93. The highest BCUT2D eigenvalue weighted by Gasteiger charge is 2.33. The Morgan fingerprint density at radius 3 is 2.48 bits per heavy atom. The van der Waals surface area contributed by atoms with Crippen molar-refractivity contribution in [2.45, 2.75) is 18.5 Å². The minimum atomic E-state index is -0.280. The molecule has 3 aromatic rings. The molecule has 2 heterocycles. The van der Waals surface area contributed by atoms with Gasteiger partial charge >= 0.3 is 0 Å². The zero-order valence-electron chi connectivity index (χ0n) is 13.0. The van der Waals surface area contributed by atoms with Crippen LogP contribution in [0.3, 0.4) is 0 Å².